The molecular weight excluding hydrogens is 350 g/mol. The molecule has 0 aliphatic heterocycles. The quantitative estimate of drug-likeness (QED) is 0.501. The first-order valence-corrected chi connectivity index (χ1v) is 7.26. The van der Waals surface area contributed by atoms with Crippen LogP contribution in [-0.2, 0) is 6.42 Å². The van der Waals surface area contributed by atoms with Crippen LogP contribution in [0.3, 0.4) is 0 Å². The SMILES string of the molecule is O=C1/C(=C/c2cc(Br)cc([N+](=O)[O-])c2O)Cc2ccccc21. The molecule has 2 aromatic rings. The second-order valence-corrected chi connectivity index (χ2v) is 5.87. The van der Waals surface area contributed by atoms with E-state index >= 15 is 0 Å². The van der Waals surface area contributed by atoms with Gasteiger partial charge in [0.1, 0.15) is 0 Å². The highest BCUT2D eigenvalue weighted by atomic mass is 79.9. The van der Waals surface area contributed by atoms with Gasteiger partial charge in [0.05, 0.1) is 4.92 Å². The molecule has 0 amide bonds. The zero-order valence-electron chi connectivity index (χ0n) is 11.2. The molecule has 0 bridgehead atoms. The molecule has 0 atom stereocenters. The lowest BCUT2D eigenvalue weighted by atomic mass is 10.1. The summed E-state index contributed by atoms with van der Waals surface area (Å²) < 4.78 is 0.465. The van der Waals surface area contributed by atoms with Crippen LogP contribution in [0.4, 0.5) is 5.69 Å². The van der Waals surface area contributed by atoms with Crippen LogP contribution < -0.4 is 0 Å². The summed E-state index contributed by atoms with van der Waals surface area (Å²) in [6.45, 7) is 0. The molecule has 0 unspecified atom stereocenters. The molecule has 0 saturated carbocycles. The normalized spacial score (nSPS) is 15.1. The Kier molecular flexibility index (Phi) is 3.54. The Balaban J connectivity index is 2.08. The molecule has 1 N–H and O–H groups in total. The molecular formula is C16H10BrNO4. The smallest absolute Gasteiger partial charge is 0.312 e. The maximum Gasteiger partial charge on any atom is 0.312 e. The molecule has 1 aliphatic carbocycles. The average molecular weight is 360 g/mol. The van der Waals surface area contributed by atoms with Crippen molar-refractivity contribution in [1.29, 1.82) is 0 Å². The summed E-state index contributed by atoms with van der Waals surface area (Å²) in [5.41, 5.74) is 1.91. The first-order chi connectivity index (χ1) is 10.5. The van der Waals surface area contributed by atoms with Crippen molar-refractivity contribution in [2.24, 2.45) is 0 Å². The lowest BCUT2D eigenvalue weighted by molar-refractivity contribution is -0.385. The van der Waals surface area contributed by atoms with Gasteiger partial charge in [0.25, 0.3) is 0 Å². The van der Waals surface area contributed by atoms with Crippen LogP contribution in [0.5, 0.6) is 5.75 Å². The van der Waals surface area contributed by atoms with Crippen LogP contribution in [-0.4, -0.2) is 15.8 Å². The number of ketones is 1. The van der Waals surface area contributed by atoms with E-state index in [9.17, 15) is 20.0 Å². The first-order valence-electron chi connectivity index (χ1n) is 6.47. The summed E-state index contributed by atoms with van der Waals surface area (Å²) in [6, 6.07) is 10.0. The fraction of sp³-hybridized carbons (Fsp3) is 0.0625. The van der Waals surface area contributed by atoms with Crippen molar-refractivity contribution in [2.75, 3.05) is 0 Å². The molecule has 0 fully saturated rings. The van der Waals surface area contributed by atoms with E-state index < -0.39 is 16.4 Å². The number of halogens is 1. The fourth-order valence-electron chi connectivity index (χ4n) is 2.51. The summed E-state index contributed by atoms with van der Waals surface area (Å²) in [6.07, 6.45) is 1.96. The average Bonchev–Trinajstić information content (AvgIpc) is 2.79. The second-order valence-electron chi connectivity index (χ2n) is 4.95. The fourth-order valence-corrected chi connectivity index (χ4v) is 2.98. The molecule has 0 saturated heterocycles. The van der Waals surface area contributed by atoms with Gasteiger partial charge in [-0.25, -0.2) is 0 Å². The summed E-state index contributed by atoms with van der Waals surface area (Å²) >= 11 is 3.18. The number of fused-ring (bicyclic) bond motifs is 1. The molecule has 0 radical (unpaired) electrons. The van der Waals surface area contributed by atoms with Crippen molar-refractivity contribution in [3.05, 3.63) is 73.2 Å². The van der Waals surface area contributed by atoms with Gasteiger partial charge in [-0.05, 0) is 17.7 Å². The Morgan fingerprint density at radius 3 is 2.68 bits per heavy atom. The number of aromatic hydroxyl groups is 1. The van der Waals surface area contributed by atoms with Gasteiger partial charge in [0.2, 0.25) is 5.75 Å². The largest absolute Gasteiger partial charge is 0.502 e. The molecule has 0 aromatic heterocycles. The number of nitrogens with zero attached hydrogens (tertiary/aromatic N) is 1. The number of allylic oxidation sites excluding steroid dienone is 1. The van der Waals surface area contributed by atoms with Crippen molar-refractivity contribution in [3.8, 4) is 5.75 Å². The van der Waals surface area contributed by atoms with Crippen LogP contribution in [0, 0.1) is 10.1 Å². The number of phenols is 1. The Morgan fingerprint density at radius 1 is 1.27 bits per heavy atom. The minimum absolute atomic E-state index is 0.113. The Morgan fingerprint density at radius 2 is 2.00 bits per heavy atom. The van der Waals surface area contributed by atoms with Crippen LogP contribution in [0.15, 0.2) is 46.4 Å². The van der Waals surface area contributed by atoms with Gasteiger partial charge in [-0.2, -0.15) is 0 Å². The first kappa shape index (κ1) is 14.5. The second kappa shape index (κ2) is 5.38. The maximum absolute atomic E-state index is 12.3. The van der Waals surface area contributed by atoms with E-state index in [-0.39, 0.29) is 11.3 Å². The Labute approximate surface area is 134 Å². The summed E-state index contributed by atoms with van der Waals surface area (Å²) in [7, 11) is 0. The van der Waals surface area contributed by atoms with E-state index in [1.54, 1.807) is 18.2 Å². The van der Waals surface area contributed by atoms with E-state index in [2.05, 4.69) is 15.9 Å². The van der Waals surface area contributed by atoms with Crippen LogP contribution in [0.25, 0.3) is 6.08 Å². The number of rotatable bonds is 2. The standard InChI is InChI=1S/C16H10BrNO4/c17-12-7-11(16(20)14(8-12)18(21)22)6-10-5-9-3-1-2-4-13(9)15(10)19/h1-4,6-8,20H,5H2/b10-6+. The van der Waals surface area contributed by atoms with E-state index in [0.717, 1.165) is 5.56 Å². The summed E-state index contributed by atoms with van der Waals surface area (Å²) in [5.74, 6) is -0.554. The number of nitro benzene ring substituents is 1. The number of hydrogen-bond acceptors (Lipinski definition) is 4. The molecule has 3 rings (SSSR count). The highest BCUT2D eigenvalue weighted by Gasteiger charge is 2.25. The zero-order chi connectivity index (χ0) is 15.9. The number of Topliss-reactive ketones (excluding diaryl/α,β-unsaturated/α-hetero) is 1. The van der Waals surface area contributed by atoms with Gasteiger partial charge < -0.3 is 5.11 Å². The highest BCUT2D eigenvalue weighted by Crippen LogP contribution is 2.36. The lowest BCUT2D eigenvalue weighted by Crippen LogP contribution is -1.96. The van der Waals surface area contributed by atoms with E-state index in [4.69, 9.17) is 0 Å². The van der Waals surface area contributed by atoms with Crippen molar-refractivity contribution >= 4 is 33.5 Å². The molecule has 0 heterocycles. The van der Waals surface area contributed by atoms with E-state index in [1.807, 2.05) is 12.1 Å². The lowest BCUT2D eigenvalue weighted by Gasteiger charge is -2.03. The van der Waals surface area contributed by atoms with Gasteiger partial charge in [-0.1, -0.05) is 40.2 Å². The predicted octanol–water partition coefficient (Wildman–Crippen LogP) is 3.89. The van der Waals surface area contributed by atoms with Crippen molar-refractivity contribution in [3.63, 3.8) is 0 Å². The van der Waals surface area contributed by atoms with Gasteiger partial charge >= 0.3 is 5.69 Å². The molecule has 6 heteroatoms. The number of hydrogen-bond donors (Lipinski definition) is 1. The third-order valence-corrected chi connectivity index (χ3v) is 4.00. The van der Waals surface area contributed by atoms with Crippen LogP contribution >= 0.6 is 15.9 Å². The van der Waals surface area contributed by atoms with Crippen molar-refractivity contribution in [1.82, 2.24) is 0 Å². The van der Waals surface area contributed by atoms with Gasteiger partial charge in [0, 0.05) is 33.7 Å². The molecule has 22 heavy (non-hydrogen) atoms. The third-order valence-electron chi connectivity index (χ3n) is 3.55. The predicted molar refractivity (Wildman–Crippen MR) is 84.9 cm³/mol. The number of benzene rings is 2. The minimum Gasteiger partial charge on any atom is -0.502 e. The number of phenolic OH excluding ortho intramolecular Hbond substituents is 1. The van der Waals surface area contributed by atoms with Gasteiger partial charge in [0.15, 0.2) is 5.78 Å². The van der Waals surface area contributed by atoms with Crippen molar-refractivity contribution < 1.29 is 14.8 Å². The van der Waals surface area contributed by atoms with E-state index in [0.29, 0.717) is 22.0 Å². The molecule has 0 spiro atoms. The van der Waals surface area contributed by atoms with Crippen LogP contribution in [0.1, 0.15) is 21.5 Å². The summed E-state index contributed by atoms with van der Waals surface area (Å²) in [4.78, 5) is 22.6. The third kappa shape index (κ3) is 2.42. The van der Waals surface area contributed by atoms with Crippen LogP contribution in [0.2, 0.25) is 0 Å². The van der Waals surface area contributed by atoms with Crippen molar-refractivity contribution in [2.45, 2.75) is 6.42 Å². The number of carbonyl (C=O) groups excluding carboxylic acids is 1. The molecule has 1 aliphatic rings. The van der Waals surface area contributed by atoms with Gasteiger partial charge in [-0.3, -0.25) is 14.9 Å². The zero-order valence-corrected chi connectivity index (χ0v) is 12.8. The van der Waals surface area contributed by atoms with E-state index in [1.165, 1.54) is 12.1 Å². The summed E-state index contributed by atoms with van der Waals surface area (Å²) in [5, 5.41) is 21.0. The Hall–Kier alpha value is -2.47. The monoisotopic (exact) mass is 359 g/mol. The van der Waals surface area contributed by atoms with Gasteiger partial charge in [-0.15, -0.1) is 0 Å². The maximum atomic E-state index is 12.3. The topological polar surface area (TPSA) is 80.4 Å². The molecule has 110 valence electrons. The highest BCUT2D eigenvalue weighted by molar-refractivity contribution is 9.10. The minimum atomic E-state index is -0.659. The molecule has 5 nitrogen and oxygen atoms in total. The Bertz CT molecular complexity index is 842. The molecule has 2 aromatic carbocycles. The number of nitro groups is 1. The number of carbonyl (C=O) groups is 1.